The highest BCUT2D eigenvalue weighted by Crippen LogP contribution is 2.26. The first-order chi connectivity index (χ1) is 15.7. The molecule has 32 heavy (non-hydrogen) atoms. The van der Waals surface area contributed by atoms with Crippen LogP contribution in [0, 0.1) is 0 Å². The van der Waals surface area contributed by atoms with Gasteiger partial charge >= 0.3 is 0 Å². The minimum absolute atomic E-state index is 0.0491. The van der Waals surface area contributed by atoms with E-state index >= 15 is 0 Å². The maximum absolute atomic E-state index is 13.2. The molecule has 0 unspecified atom stereocenters. The Kier molecular flexibility index (Phi) is 5.38. The molecule has 1 aromatic heterocycles. The Labute approximate surface area is 186 Å². The van der Waals surface area contributed by atoms with E-state index in [0.29, 0.717) is 16.8 Å². The van der Waals surface area contributed by atoms with Crippen molar-refractivity contribution >= 4 is 28.4 Å². The molecule has 4 aromatic rings. The van der Waals surface area contributed by atoms with Crippen molar-refractivity contribution < 1.29 is 9.59 Å². The molecule has 5 nitrogen and oxygen atoms in total. The Balaban J connectivity index is 1.43. The summed E-state index contributed by atoms with van der Waals surface area (Å²) in [5, 5.41) is 3.77. The Morgan fingerprint density at radius 2 is 1.50 bits per heavy atom. The van der Waals surface area contributed by atoms with Gasteiger partial charge in [0.05, 0.1) is 16.8 Å². The van der Waals surface area contributed by atoms with Gasteiger partial charge in [-0.15, -0.1) is 0 Å². The second-order valence-electron chi connectivity index (χ2n) is 7.97. The Morgan fingerprint density at radius 3 is 2.25 bits per heavy atom. The van der Waals surface area contributed by atoms with Crippen LogP contribution in [0.15, 0.2) is 84.9 Å². The normalized spacial score (nSPS) is 13.3. The number of anilines is 1. The maximum Gasteiger partial charge on any atom is 0.256 e. The van der Waals surface area contributed by atoms with Gasteiger partial charge in [-0.1, -0.05) is 48.5 Å². The summed E-state index contributed by atoms with van der Waals surface area (Å²) >= 11 is 0. The van der Waals surface area contributed by atoms with E-state index in [9.17, 15) is 9.59 Å². The van der Waals surface area contributed by atoms with Crippen LogP contribution in [0.25, 0.3) is 22.2 Å². The first kappa shape index (κ1) is 19.9. The summed E-state index contributed by atoms with van der Waals surface area (Å²) in [6.07, 6.45) is 2.12. The number of amides is 2. The van der Waals surface area contributed by atoms with E-state index in [1.165, 1.54) is 0 Å². The van der Waals surface area contributed by atoms with E-state index in [4.69, 9.17) is 4.98 Å². The van der Waals surface area contributed by atoms with Crippen molar-refractivity contribution in [3.8, 4) is 11.3 Å². The number of carbonyl (C=O) groups is 2. The zero-order valence-corrected chi connectivity index (χ0v) is 17.6. The summed E-state index contributed by atoms with van der Waals surface area (Å²) in [5.41, 5.74) is 4.33. The number of hydrogen-bond donors (Lipinski definition) is 1. The van der Waals surface area contributed by atoms with Crippen LogP contribution in [0.5, 0.6) is 0 Å². The van der Waals surface area contributed by atoms with Crippen molar-refractivity contribution in [3.63, 3.8) is 0 Å². The van der Waals surface area contributed by atoms with E-state index < -0.39 is 0 Å². The molecule has 0 saturated carbocycles. The highest BCUT2D eigenvalue weighted by Gasteiger charge is 2.19. The lowest BCUT2D eigenvalue weighted by Crippen LogP contribution is -2.27. The molecule has 1 aliphatic rings. The van der Waals surface area contributed by atoms with Crippen LogP contribution in [0.4, 0.5) is 5.69 Å². The van der Waals surface area contributed by atoms with Crippen molar-refractivity contribution in [1.29, 1.82) is 0 Å². The highest BCUT2D eigenvalue weighted by molar-refractivity contribution is 6.13. The fraction of sp³-hybridized carbons (Fsp3) is 0.148. The monoisotopic (exact) mass is 421 g/mol. The van der Waals surface area contributed by atoms with Crippen molar-refractivity contribution in [2.24, 2.45) is 0 Å². The number of carbonyl (C=O) groups excluding carboxylic acids is 2. The van der Waals surface area contributed by atoms with Gasteiger partial charge in [0.25, 0.3) is 11.8 Å². The number of nitrogens with zero attached hydrogens (tertiary/aromatic N) is 2. The minimum atomic E-state index is -0.209. The standard InChI is InChI=1S/C27H23N3O2/c31-26(28-21-14-12-20(13-15-21)27(32)30-16-6-7-17-30)23-18-25(19-8-2-1-3-9-19)29-24-11-5-4-10-22(23)24/h1-5,8-15,18H,6-7,16-17H2,(H,28,31). The summed E-state index contributed by atoms with van der Waals surface area (Å²) in [4.78, 5) is 32.4. The molecular weight excluding hydrogens is 398 g/mol. The smallest absolute Gasteiger partial charge is 0.256 e. The molecule has 5 rings (SSSR count). The number of pyridine rings is 1. The molecular formula is C27H23N3O2. The van der Waals surface area contributed by atoms with Gasteiger partial charge in [0.2, 0.25) is 0 Å². The van der Waals surface area contributed by atoms with E-state index in [0.717, 1.165) is 48.1 Å². The SMILES string of the molecule is O=C(Nc1ccc(C(=O)N2CCCC2)cc1)c1cc(-c2ccccc2)nc2ccccc12. The number of hydrogen-bond acceptors (Lipinski definition) is 3. The summed E-state index contributed by atoms with van der Waals surface area (Å²) in [5.74, 6) is -0.160. The number of nitrogens with one attached hydrogen (secondary N) is 1. The van der Waals surface area contributed by atoms with E-state index in [2.05, 4.69) is 5.32 Å². The third kappa shape index (κ3) is 3.97. The summed E-state index contributed by atoms with van der Waals surface area (Å²) < 4.78 is 0. The van der Waals surface area contributed by atoms with Crippen molar-refractivity contribution in [2.75, 3.05) is 18.4 Å². The fourth-order valence-corrected chi connectivity index (χ4v) is 4.12. The molecule has 2 heterocycles. The molecule has 1 saturated heterocycles. The van der Waals surface area contributed by atoms with Crippen LogP contribution in [0.1, 0.15) is 33.6 Å². The van der Waals surface area contributed by atoms with Gasteiger partial charge in [0, 0.05) is 35.3 Å². The average Bonchev–Trinajstić information content (AvgIpc) is 3.39. The molecule has 0 bridgehead atoms. The lowest BCUT2D eigenvalue weighted by atomic mass is 10.0. The van der Waals surface area contributed by atoms with Gasteiger partial charge in [-0.2, -0.15) is 0 Å². The molecule has 0 radical (unpaired) electrons. The Bertz CT molecular complexity index is 1280. The van der Waals surface area contributed by atoms with Gasteiger partial charge in [-0.05, 0) is 49.2 Å². The molecule has 2 amide bonds. The van der Waals surface area contributed by atoms with E-state index in [1.807, 2.05) is 65.6 Å². The third-order valence-corrected chi connectivity index (χ3v) is 5.81. The van der Waals surface area contributed by atoms with Crippen molar-refractivity contribution in [1.82, 2.24) is 9.88 Å². The van der Waals surface area contributed by atoms with Crippen LogP contribution >= 0.6 is 0 Å². The molecule has 158 valence electrons. The fourth-order valence-electron chi connectivity index (χ4n) is 4.12. The first-order valence-electron chi connectivity index (χ1n) is 10.8. The summed E-state index contributed by atoms with van der Waals surface area (Å²) in [6.45, 7) is 1.63. The van der Waals surface area contributed by atoms with Crippen LogP contribution in [0.2, 0.25) is 0 Å². The molecule has 0 aliphatic carbocycles. The molecule has 3 aromatic carbocycles. The molecule has 1 aliphatic heterocycles. The van der Waals surface area contributed by atoms with Crippen LogP contribution in [-0.4, -0.2) is 34.8 Å². The number of likely N-dealkylation sites (tertiary alicyclic amines) is 1. The zero-order valence-electron chi connectivity index (χ0n) is 17.6. The van der Waals surface area contributed by atoms with Crippen molar-refractivity contribution in [2.45, 2.75) is 12.8 Å². The Hall–Kier alpha value is -3.99. The quantitative estimate of drug-likeness (QED) is 0.481. The van der Waals surface area contributed by atoms with Gasteiger partial charge in [-0.25, -0.2) is 4.98 Å². The zero-order chi connectivity index (χ0) is 21.9. The van der Waals surface area contributed by atoms with Gasteiger partial charge in [0.15, 0.2) is 0 Å². The molecule has 1 N–H and O–H groups in total. The van der Waals surface area contributed by atoms with Crippen molar-refractivity contribution in [3.05, 3.63) is 96.1 Å². The second-order valence-corrected chi connectivity index (χ2v) is 7.97. The van der Waals surface area contributed by atoms with Crippen LogP contribution < -0.4 is 5.32 Å². The first-order valence-corrected chi connectivity index (χ1v) is 10.8. The number of benzene rings is 3. The molecule has 0 atom stereocenters. The largest absolute Gasteiger partial charge is 0.339 e. The van der Waals surface area contributed by atoms with Gasteiger partial charge in [0.1, 0.15) is 0 Å². The van der Waals surface area contributed by atoms with Gasteiger partial charge in [-0.3, -0.25) is 9.59 Å². The second kappa shape index (κ2) is 8.63. The lowest BCUT2D eigenvalue weighted by molar-refractivity contribution is 0.0792. The maximum atomic E-state index is 13.2. The number of rotatable bonds is 4. The molecule has 0 spiro atoms. The van der Waals surface area contributed by atoms with Crippen LogP contribution in [0.3, 0.4) is 0 Å². The van der Waals surface area contributed by atoms with E-state index in [-0.39, 0.29) is 11.8 Å². The topological polar surface area (TPSA) is 62.3 Å². The lowest BCUT2D eigenvalue weighted by Gasteiger charge is -2.15. The van der Waals surface area contributed by atoms with Gasteiger partial charge < -0.3 is 10.2 Å². The van der Waals surface area contributed by atoms with Crippen LogP contribution in [-0.2, 0) is 0 Å². The number of para-hydroxylation sites is 1. The molecule has 5 heteroatoms. The third-order valence-electron chi connectivity index (χ3n) is 5.81. The molecule has 1 fully saturated rings. The number of aromatic nitrogens is 1. The predicted octanol–water partition coefficient (Wildman–Crippen LogP) is 5.39. The summed E-state index contributed by atoms with van der Waals surface area (Å²) in [7, 11) is 0. The number of fused-ring (bicyclic) bond motifs is 1. The minimum Gasteiger partial charge on any atom is -0.339 e. The average molecular weight is 422 g/mol. The highest BCUT2D eigenvalue weighted by atomic mass is 16.2. The summed E-state index contributed by atoms with van der Waals surface area (Å²) in [6, 6.07) is 26.4. The Morgan fingerprint density at radius 1 is 0.812 bits per heavy atom. The van der Waals surface area contributed by atoms with E-state index in [1.54, 1.807) is 24.3 Å². The predicted molar refractivity (Wildman–Crippen MR) is 127 cm³/mol.